The molecule has 1 aliphatic rings. The quantitative estimate of drug-likeness (QED) is 0.434. The van der Waals surface area contributed by atoms with Gasteiger partial charge in [0.2, 0.25) is 0 Å². The highest BCUT2D eigenvalue weighted by atomic mass is 16.6. The van der Waals surface area contributed by atoms with E-state index in [0.717, 1.165) is 18.9 Å². The Bertz CT molecular complexity index is 280. The number of allylic oxidation sites excluding steroid dienone is 1. The zero-order chi connectivity index (χ0) is 12.4. The van der Waals surface area contributed by atoms with E-state index >= 15 is 0 Å². The van der Waals surface area contributed by atoms with Crippen LogP contribution < -0.4 is 0 Å². The standard InChI is InChI=1S/C6H10O3.C5H6O2/c1-3-6(7)9-5-4-8-2;6-5(7)4-2-1-3-4/h3H,1,4-5H2,2H3;2H,1,3H2,(H,6,7). The van der Waals surface area contributed by atoms with Crippen LogP contribution in [0.2, 0.25) is 0 Å². The molecule has 0 heterocycles. The lowest BCUT2D eigenvalue weighted by atomic mass is 10.00. The predicted octanol–water partition coefficient (Wildman–Crippen LogP) is 1.15. The molecule has 16 heavy (non-hydrogen) atoms. The van der Waals surface area contributed by atoms with E-state index in [2.05, 4.69) is 16.1 Å². The zero-order valence-corrected chi connectivity index (χ0v) is 9.27. The highest BCUT2D eigenvalue weighted by Crippen LogP contribution is 2.16. The first-order chi connectivity index (χ1) is 7.61. The van der Waals surface area contributed by atoms with Crippen LogP contribution in [0.15, 0.2) is 24.3 Å². The van der Waals surface area contributed by atoms with Gasteiger partial charge in [-0.05, 0) is 12.8 Å². The van der Waals surface area contributed by atoms with Crippen molar-refractivity contribution in [3.05, 3.63) is 24.3 Å². The Morgan fingerprint density at radius 1 is 1.56 bits per heavy atom. The number of hydrogen-bond donors (Lipinski definition) is 1. The number of carbonyl (C=O) groups is 2. The average molecular weight is 228 g/mol. The maximum Gasteiger partial charge on any atom is 0.331 e. The molecule has 5 nitrogen and oxygen atoms in total. The molecule has 0 fully saturated rings. The second kappa shape index (κ2) is 8.67. The summed E-state index contributed by atoms with van der Waals surface area (Å²) in [6.45, 7) is 3.95. The normalized spacial score (nSPS) is 12.4. The molecular formula is C11H16O5. The van der Waals surface area contributed by atoms with Crippen molar-refractivity contribution in [2.75, 3.05) is 20.3 Å². The van der Waals surface area contributed by atoms with Crippen LogP contribution in [0.5, 0.6) is 0 Å². The van der Waals surface area contributed by atoms with E-state index in [0.29, 0.717) is 18.8 Å². The maximum absolute atomic E-state index is 10.3. The van der Waals surface area contributed by atoms with Crippen LogP contribution in [0.1, 0.15) is 12.8 Å². The van der Waals surface area contributed by atoms with E-state index in [1.807, 2.05) is 0 Å². The molecule has 0 aromatic carbocycles. The highest BCUT2D eigenvalue weighted by molar-refractivity contribution is 5.87. The Kier molecular flexibility index (Phi) is 7.79. The van der Waals surface area contributed by atoms with Crippen molar-refractivity contribution < 1.29 is 24.2 Å². The lowest BCUT2D eigenvalue weighted by Crippen LogP contribution is -2.06. The number of aliphatic carboxylic acids is 1. The lowest BCUT2D eigenvalue weighted by Gasteiger charge is -2.06. The molecule has 1 rings (SSSR count). The van der Waals surface area contributed by atoms with Crippen molar-refractivity contribution in [3.63, 3.8) is 0 Å². The summed E-state index contributed by atoms with van der Waals surface area (Å²) in [5.41, 5.74) is 0.569. The number of carboxylic acids is 1. The van der Waals surface area contributed by atoms with Gasteiger partial charge in [0.25, 0.3) is 0 Å². The van der Waals surface area contributed by atoms with Crippen LogP contribution in [0, 0.1) is 0 Å². The third-order valence-electron chi connectivity index (χ3n) is 1.78. The molecule has 0 spiro atoms. The smallest absolute Gasteiger partial charge is 0.331 e. The Morgan fingerprint density at radius 2 is 2.19 bits per heavy atom. The fourth-order valence-corrected chi connectivity index (χ4v) is 0.767. The van der Waals surface area contributed by atoms with E-state index in [1.165, 1.54) is 0 Å². The molecule has 0 radical (unpaired) electrons. The van der Waals surface area contributed by atoms with Gasteiger partial charge in [0, 0.05) is 18.8 Å². The van der Waals surface area contributed by atoms with Crippen LogP contribution in [0.25, 0.3) is 0 Å². The summed E-state index contributed by atoms with van der Waals surface area (Å²) >= 11 is 0. The van der Waals surface area contributed by atoms with Gasteiger partial charge in [-0.3, -0.25) is 0 Å². The van der Waals surface area contributed by atoms with E-state index in [-0.39, 0.29) is 0 Å². The first kappa shape index (κ1) is 14.4. The van der Waals surface area contributed by atoms with Crippen molar-refractivity contribution >= 4 is 11.9 Å². The summed E-state index contributed by atoms with van der Waals surface area (Å²) in [7, 11) is 1.54. The zero-order valence-electron chi connectivity index (χ0n) is 9.27. The minimum atomic E-state index is -0.758. The number of rotatable bonds is 5. The lowest BCUT2D eigenvalue weighted by molar-refractivity contribution is -0.139. The molecule has 1 aliphatic carbocycles. The molecule has 0 aromatic heterocycles. The summed E-state index contributed by atoms with van der Waals surface area (Å²) in [6, 6.07) is 0. The van der Waals surface area contributed by atoms with Gasteiger partial charge in [0.1, 0.15) is 6.61 Å². The Hall–Kier alpha value is -1.62. The predicted molar refractivity (Wildman–Crippen MR) is 58.0 cm³/mol. The number of methoxy groups -OCH3 is 1. The van der Waals surface area contributed by atoms with Crippen molar-refractivity contribution in [1.82, 2.24) is 0 Å². The molecule has 0 saturated carbocycles. The molecule has 5 heteroatoms. The Morgan fingerprint density at radius 3 is 2.44 bits per heavy atom. The number of esters is 1. The largest absolute Gasteiger partial charge is 0.478 e. The monoisotopic (exact) mass is 228 g/mol. The van der Waals surface area contributed by atoms with E-state index in [4.69, 9.17) is 5.11 Å². The highest BCUT2D eigenvalue weighted by Gasteiger charge is 2.11. The molecule has 90 valence electrons. The van der Waals surface area contributed by atoms with E-state index in [1.54, 1.807) is 13.2 Å². The third-order valence-corrected chi connectivity index (χ3v) is 1.78. The fraction of sp³-hybridized carbons (Fsp3) is 0.455. The number of hydrogen-bond acceptors (Lipinski definition) is 4. The molecule has 0 amide bonds. The van der Waals surface area contributed by atoms with Gasteiger partial charge in [0.05, 0.1) is 6.61 Å². The minimum Gasteiger partial charge on any atom is -0.478 e. The second-order valence-corrected chi connectivity index (χ2v) is 2.94. The SMILES string of the molecule is C=CC(=O)OCCOC.O=C(O)C1=CCC1. The van der Waals surface area contributed by atoms with E-state index in [9.17, 15) is 9.59 Å². The van der Waals surface area contributed by atoms with Crippen LogP contribution in [0.4, 0.5) is 0 Å². The summed E-state index contributed by atoms with van der Waals surface area (Å²) in [4.78, 5) is 20.2. The molecule has 0 aliphatic heterocycles. The van der Waals surface area contributed by atoms with Crippen LogP contribution in [-0.2, 0) is 19.1 Å². The second-order valence-electron chi connectivity index (χ2n) is 2.94. The number of ether oxygens (including phenoxy) is 2. The van der Waals surface area contributed by atoms with Crippen molar-refractivity contribution in [1.29, 1.82) is 0 Å². The molecule has 0 atom stereocenters. The molecule has 0 unspecified atom stereocenters. The summed E-state index contributed by atoms with van der Waals surface area (Å²) < 4.78 is 9.17. The Balaban J connectivity index is 0.000000288. The van der Waals surface area contributed by atoms with Crippen molar-refractivity contribution in [3.8, 4) is 0 Å². The fourth-order valence-electron chi connectivity index (χ4n) is 0.767. The first-order valence-corrected chi connectivity index (χ1v) is 4.82. The van der Waals surface area contributed by atoms with Crippen LogP contribution in [0.3, 0.4) is 0 Å². The molecule has 1 N–H and O–H groups in total. The molecule has 0 saturated heterocycles. The summed E-state index contributed by atoms with van der Waals surface area (Å²) in [5, 5.41) is 8.16. The first-order valence-electron chi connectivity index (χ1n) is 4.82. The van der Waals surface area contributed by atoms with Crippen molar-refractivity contribution in [2.24, 2.45) is 0 Å². The summed E-state index contributed by atoms with van der Waals surface area (Å²) in [5.74, 6) is -1.17. The average Bonchev–Trinajstić information content (AvgIpc) is 2.15. The summed E-state index contributed by atoms with van der Waals surface area (Å²) in [6.07, 6.45) is 4.56. The maximum atomic E-state index is 10.3. The van der Waals surface area contributed by atoms with Gasteiger partial charge >= 0.3 is 11.9 Å². The van der Waals surface area contributed by atoms with Gasteiger partial charge in [-0.1, -0.05) is 12.7 Å². The van der Waals surface area contributed by atoms with E-state index < -0.39 is 11.9 Å². The number of carbonyl (C=O) groups excluding carboxylic acids is 1. The molecule has 0 bridgehead atoms. The van der Waals surface area contributed by atoms with Crippen LogP contribution >= 0.6 is 0 Å². The van der Waals surface area contributed by atoms with Crippen LogP contribution in [-0.4, -0.2) is 37.4 Å². The minimum absolute atomic E-state index is 0.293. The van der Waals surface area contributed by atoms with Gasteiger partial charge in [-0.25, -0.2) is 9.59 Å². The van der Waals surface area contributed by atoms with Gasteiger partial charge < -0.3 is 14.6 Å². The van der Waals surface area contributed by atoms with Gasteiger partial charge in [0.15, 0.2) is 0 Å². The molecule has 0 aromatic rings. The van der Waals surface area contributed by atoms with Gasteiger partial charge in [-0.15, -0.1) is 0 Å². The topological polar surface area (TPSA) is 72.8 Å². The third kappa shape index (κ3) is 6.78. The number of carboxylic acid groups (broad SMARTS) is 1. The Labute approximate surface area is 94.4 Å². The van der Waals surface area contributed by atoms with Crippen molar-refractivity contribution in [2.45, 2.75) is 12.8 Å². The molecular weight excluding hydrogens is 212 g/mol. The van der Waals surface area contributed by atoms with Gasteiger partial charge in [-0.2, -0.15) is 0 Å².